The number of aromatic carboxylic acids is 1. The van der Waals surface area contributed by atoms with Crippen LogP contribution in [0.15, 0.2) is 0 Å². The maximum absolute atomic E-state index is 12.3. The van der Waals surface area contributed by atoms with Gasteiger partial charge in [0.2, 0.25) is 0 Å². The van der Waals surface area contributed by atoms with Crippen LogP contribution >= 0.6 is 11.3 Å². The number of carboxylic acids is 1. The third kappa shape index (κ3) is 3.36. The maximum atomic E-state index is 12.3. The van der Waals surface area contributed by atoms with Crippen LogP contribution < -0.4 is 5.32 Å². The number of rotatable bonds is 2. The van der Waals surface area contributed by atoms with E-state index in [9.17, 15) is 14.7 Å². The number of urea groups is 1. The first-order valence-corrected chi connectivity index (χ1v) is 7.56. The number of carbonyl (C=O) groups excluding carboxylic acids is 1. The second-order valence-corrected chi connectivity index (χ2v) is 6.98. The summed E-state index contributed by atoms with van der Waals surface area (Å²) in [7, 11) is 0. The Hall–Kier alpha value is -1.60. The molecule has 21 heavy (non-hydrogen) atoms. The molecule has 0 saturated carbocycles. The Morgan fingerprint density at radius 1 is 1.38 bits per heavy atom. The molecule has 1 fully saturated rings. The van der Waals surface area contributed by atoms with Gasteiger partial charge < -0.3 is 14.7 Å². The molecule has 0 bridgehead atoms. The highest BCUT2D eigenvalue weighted by Gasteiger charge is 2.31. The number of hydrogen-bond donors (Lipinski definition) is 2. The minimum atomic E-state index is -1.02. The van der Waals surface area contributed by atoms with Crippen molar-refractivity contribution in [3.8, 4) is 0 Å². The van der Waals surface area contributed by atoms with Crippen LogP contribution in [0.25, 0.3) is 0 Å². The van der Waals surface area contributed by atoms with Gasteiger partial charge in [-0.25, -0.2) is 9.59 Å². The zero-order valence-corrected chi connectivity index (χ0v) is 13.5. The number of amides is 2. The van der Waals surface area contributed by atoms with E-state index in [4.69, 9.17) is 4.74 Å². The number of hydrogen-bond acceptors (Lipinski definition) is 4. The highest BCUT2D eigenvalue weighted by Crippen LogP contribution is 2.32. The lowest BCUT2D eigenvalue weighted by atomic mass is 10.1. The molecule has 0 radical (unpaired) electrons. The number of anilines is 1. The highest BCUT2D eigenvalue weighted by molar-refractivity contribution is 7.16. The van der Waals surface area contributed by atoms with Crippen LogP contribution in [0.2, 0.25) is 0 Å². The molecule has 0 aliphatic carbocycles. The van der Waals surface area contributed by atoms with E-state index in [2.05, 4.69) is 5.32 Å². The summed E-state index contributed by atoms with van der Waals surface area (Å²) in [4.78, 5) is 26.2. The van der Waals surface area contributed by atoms with Crippen LogP contribution in [0.3, 0.4) is 0 Å². The molecule has 0 unspecified atom stereocenters. The van der Waals surface area contributed by atoms with Gasteiger partial charge in [0.1, 0.15) is 5.00 Å². The summed E-state index contributed by atoms with van der Waals surface area (Å²) in [6.45, 7) is 8.91. The molecule has 7 heteroatoms. The molecule has 2 N–H and O–H groups in total. The Balaban J connectivity index is 2.17. The third-order valence-electron chi connectivity index (χ3n) is 3.53. The van der Waals surface area contributed by atoms with Gasteiger partial charge in [0.15, 0.2) is 0 Å². The average Bonchev–Trinajstić information content (AvgIpc) is 2.63. The zero-order valence-electron chi connectivity index (χ0n) is 12.6. The minimum Gasteiger partial charge on any atom is -0.478 e. The minimum absolute atomic E-state index is 0.179. The van der Waals surface area contributed by atoms with Crippen LogP contribution in [0.5, 0.6) is 0 Å². The van der Waals surface area contributed by atoms with Gasteiger partial charge in [0.25, 0.3) is 0 Å². The van der Waals surface area contributed by atoms with Crippen LogP contribution in [-0.2, 0) is 4.74 Å². The average molecular weight is 312 g/mol. The fourth-order valence-electron chi connectivity index (χ4n) is 2.34. The third-order valence-corrected chi connectivity index (χ3v) is 4.66. The first kappa shape index (κ1) is 15.8. The monoisotopic (exact) mass is 312 g/mol. The predicted octanol–water partition coefficient (Wildman–Crippen LogP) is 2.71. The van der Waals surface area contributed by atoms with E-state index in [1.54, 1.807) is 11.8 Å². The summed E-state index contributed by atoms with van der Waals surface area (Å²) in [6.07, 6.45) is 0. The van der Waals surface area contributed by atoms with Gasteiger partial charge in [-0.15, -0.1) is 11.3 Å². The molecule has 2 heterocycles. The SMILES string of the molecule is Cc1sc(NC(=O)N2CCOC(C)(C)C2)c(C(=O)O)c1C. The summed E-state index contributed by atoms with van der Waals surface area (Å²) in [5.41, 5.74) is 0.496. The van der Waals surface area contributed by atoms with Crippen LogP contribution in [-0.4, -0.2) is 47.3 Å². The van der Waals surface area contributed by atoms with Gasteiger partial charge in [-0.1, -0.05) is 0 Å². The topological polar surface area (TPSA) is 78.9 Å². The highest BCUT2D eigenvalue weighted by atomic mass is 32.1. The summed E-state index contributed by atoms with van der Waals surface area (Å²) in [5, 5.41) is 12.4. The van der Waals surface area contributed by atoms with Crippen molar-refractivity contribution in [2.75, 3.05) is 25.0 Å². The Labute approximate surface area is 127 Å². The molecule has 1 saturated heterocycles. The van der Waals surface area contributed by atoms with Crippen molar-refractivity contribution in [2.24, 2.45) is 0 Å². The summed E-state index contributed by atoms with van der Waals surface area (Å²) < 4.78 is 5.57. The second-order valence-electron chi connectivity index (χ2n) is 5.75. The molecule has 1 aliphatic heterocycles. The van der Waals surface area contributed by atoms with Gasteiger partial charge in [-0.2, -0.15) is 0 Å². The fourth-order valence-corrected chi connectivity index (χ4v) is 3.38. The van der Waals surface area contributed by atoms with Gasteiger partial charge in [0, 0.05) is 11.4 Å². The molecule has 0 aromatic carbocycles. The quantitative estimate of drug-likeness (QED) is 0.880. The molecule has 116 valence electrons. The van der Waals surface area contributed by atoms with Crippen molar-refractivity contribution >= 4 is 28.3 Å². The molecular formula is C14H20N2O4S. The molecule has 0 spiro atoms. The second kappa shape index (κ2) is 5.65. The Bertz CT molecular complexity index is 580. The van der Waals surface area contributed by atoms with Gasteiger partial charge in [-0.3, -0.25) is 5.32 Å². The maximum Gasteiger partial charge on any atom is 0.338 e. The van der Waals surface area contributed by atoms with Crippen molar-refractivity contribution in [2.45, 2.75) is 33.3 Å². The van der Waals surface area contributed by atoms with E-state index in [-0.39, 0.29) is 17.2 Å². The van der Waals surface area contributed by atoms with Gasteiger partial charge in [-0.05, 0) is 33.3 Å². The molecule has 1 aromatic heterocycles. The molecule has 1 aliphatic rings. The van der Waals surface area contributed by atoms with E-state index >= 15 is 0 Å². The van der Waals surface area contributed by atoms with E-state index in [1.165, 1.54) is 11.3 Å². The normalized spacial score (nSPS) is 17.6. The van der Waals surface area contributed by atoms with Crippen LogP contribution in [0.4, 0.5) is 9.80 Å². The Kier molecular flexibility index (Phi) is 4.25. The van der Waals surface area contributed by atoms with Gasteiger partial charge >= 0.3 is 12.0 Å². The Morgan fingerprint density at radius 2 is 2.05 bits per heavy atom. The summed E-state index contributed by atoms with van der Waals surface area (Å²) >= 11 is 1.29. The van der Waals surface area contributed by atoms with Gasteiger partial charge in [0.05, 0.1) is 24.3 Å². The molecule has 6 nitrogen and oxygen atoms in total. The fraction of sp³-hybridized carbons (Fsp3) is 0.571. The van der Waals surface area contributed by atoms with Crippen molar-refractivity contribution in [1.82, 2.24) is 4.90 Å². The van der Waals surface area contributed by atoms with Crippen LogP contribution in [0, 0.1) is 13.8 Å². The first-order chi connectivity index (χ1) is 9.71. The number of carbonyl (C=O) groups is 2. The molecule has 0 atom stereocenters. The smallest absolute Gasteiger partial charge is 0.338 e. The van der Waals surface area contributed by atoms with E-state index < -0.39 is 5.97 Å². The number of thiophene rings is 1. The number of nitrogens with one attached hydrogen (secondary N) is 1. The van der Waals surface area contributed by atoms with Crippen LogP contribution in [0.1, 0.15) is 34.6 Å². The molecule has 2 amide bonds. The summed E-state index contributed by atoms with van der Waals surface area (Å²) in [6, 6.07) is -0.282. The van der Waals surface area contributed by atoms with Crippen molar-refractivity contribution in [3.63, 3.8) is 0 Å². The predicted molar refractivity (Wildman–Crippen MR) is 81.4 cm³/mol. The van der Waals surface area contributed by atoms with Crippen molar-refractivity contribution < 1.29 is 19.4 Å². The van der Waals surface area contributed by atoms with E-state index in [0.29, 0.717) is 30.3 Å². The molecule has 1 aromatic rings. The number of ether oxygens (including phenoxy) is 1. The number of aryl methyl sites for hydroxylation is 1. The number of nitrogens with zero attached hydrogens (tertiary/aromatic N) is 1. The van der Waals surface area contributed by atoms with Crippen molar-refractivity contribution in [1.29, 1.82) is 0 Å². The largest absolute Gasteiger partial charge is 0.478 e. The lowest BCUT2D eigenvalue weighted by Gasteiger charge is -2.37. The van der Waals surface area contributed by atoms with E-state index in [0.717, 1.165) is 4.88 Å². The van der Waals surface area contributed by atoms with E-state index in [1.807, 2.05) is 20.8 Å². The molecule has 2 rings (SSSR count). The molecular weight excluding hydrogens is 292 g/mol. The first-order valence-electron chi connectivity index (χ1n) is 6.74. The number of carboxylic acid groups (broad SMARTS) is 1. The lowest BCUT2D eigenvalue weighted by molar-refractivity contribution is -0.0720. The zero-order chi connectivity index (χ0) is 15.8. The Morgan fingerprint density at radius 3 is 2.62 bits per heavy atom. The lowest BCUT2D eigenvalue weighted by Crippen LogP contribution is -2.51. The number of morpholine rings is 1. The standard InChI is InChI=1S/C14H20N2O4S/c1-8-9(2)21-11(10(8)12(17)18)15-13(19)16-5-6-20-14(3,4)7-16/h5-7H2,1-4H3,(H,15,19)(H,17,18). The van der Waals surface area contributed by atoms with Crippen molar-refractivity contribution in [3.05, 3.63) is 16.0 Å². The summed E-state index contributed by atoms with van der Waals surface area (Å²) in [5.74, 6) is -1.02.